The average molecular weight is 835 g/mol. The molecular weight excluding hydrogens is 785 g/mol. The number of alkyl carbamates (subject to hydrolysis) is 2. The number of carbonyl (C=O) groups is 4. The van der Waals surface area contributed by atoms with Crippen LogP contribution in [0.25, 0.3) is 44.4 Å². The monoisotopic (exact) mass is 834 g/mol. The third kappa shape index (κ3) is 8.53. The highest BCUT2D eigenvalue weighted by atomic mass is 16.5. The summed E-state index contributed by atoms with van der Waals surface area (Å²) in [7, 11) is 2.56. The number of amides is 4. The van der Waals surface area contributed by atoms with E-state index in [-0.39, 0.29) is 29.8 Å². The molecule has 2 aromatic heterocycles. The lowest BCUT2D eigenvalue weighted by atomic mass is 9.98. The third-order valence-corrected chi connectivity index (χ3v) is 11.8. The maximum atomic E-state index is 14.0. The largest absolute Gasteiger partial charge is 0.453 e. The number of hydrogen-bond donors (Lipinski definition) is 4. The molecular formula is C48H50N8O6. The van der Waals surface area contributed by atoms with Crippen molar-refractivity contribution >= 4 is 34.8 Å². The molecule has 0 radical (unpaired) electrons. The van der Waals surface area contributed by atoms with E-state index in [0.29, 0.717) is 30.9 Å². The highest BCUT2D eigenvalue weighted by Gasteiger charge is 2.39. The molecule has 2 aliphatic heterocycles. The summed E-state index contributed by atoms with van der Waals surface area (Å²) >= 11 is 0. The third-order valence-electron chi connectivity index (χ3n) is 11.8. The van der Waals surface area contributed by atoms with Gasteiger partial charge in [0.05, 0.1) is 50.1 Å². The number of imidazole rings is 2. The Kier molecular flexibility index (Phi) is 11.9. The van der Waals surface area contributed by atoms with Gasteiger partial charge in [0.15, 0.2) is 0 Å². The van der Waals surface area contributed by atoms with Gasteiger partial charge >= 0.3 is 12.2 Å². The van der Waals surface area contributed by atoms with Crippen molar-refractivity contribution < 1.29 is 28.7 Å². The number of nitrogens with zero attached hydrogens (tertiary/aromatic N) is 4. The molecule has 0 saturated carbocycles. The Morgan fingerprint density at radius 1 is 0.710 bits per heavy atom. The first-order chi connectivity index (χ1) is 30.0. The van der Waals surface area contributed by atoms with Crippen molar-refractivity contribution in [3.8, 4) is 33.6 Å². The quantitative estimate of drug-likeness (QED) is 0.0944. The van der Waals surface area contributed by atoms with Crippen molar-refractivity contribution in [2.45, 2.75) is 57.3 Å². The van der Waals surface area contributed by atoms with Gasteiger partial charge in [-0.2, -0.15) is 0 Å². The van der Waals surface area contributed by atoms with Crippen molar-refractivity contribution in [1.29, 1.82) is 0 Å². The maximum absolute atomic E-state index is 14.0. The van der Waals surface area contributed by atoms with Gasteiger partial charge in [0.2, 0.25) is 5.91 Å². The summed E-state index contributed by atoms with van der Waals surface area (Å²) in [4.78, 5) is 71.8. The van der Waals surface area contributed by atoms with E-state index in [9.17, 15) is 19.2 Å². The molecule has 2 fully saturated rings. The first-order valence-corrected chi connectivity index (χ1v) is 20.8. The number of likely N-dealkylation sites (tertiary alicyclic amines) is 2. The Morgan fingerprint density at radius 2 is 1.29 bits per heavy atom. The number of rotatable bonds is 11. The first kappa shape index (κ1) is 41.5. The lowest BCUT2D eigenvalue weighted by molar-refractivity contribution is -0.135. The molecule has 4 aromatic carbocycles. The lowest BCUT2D eigenvalue weighted by Crippen LogP contribution is -2.51. The van der Waals surface area contributed by atoms with E-state index in [1.807, 2.05) is 43.1 Å². The molecule has 14 heteroatoms. The van der Waals surface area contributed by atoms with Gasteiger partial charge in [-0.15, -0.1) is 0 Å². The molecule has 318 valence electrons. The zero-order valence-electron chi connectivity index (χ0n) is 35.2. The van der Waals surface area contributed by atoms with Gasteiger partial charge in [0, 0.05) is 18.7 Å². The normalized spacial score (nSPS) is 17.3. The van der Waals surface area contributed by atoms with Crippen LogP contribution in [-0.2, 0) is 19.1 Å². The fraction of sp³-hybridized carbons (Fsp3) is 0.292. The van der Waals surface area contributed by atoms with Crippen LogP contribution in [0.3, 0.4) is 0 Å². The minimum atomic E-state index is -0.933. The van der Waals surface area contributed by atoms with E-state index >= 15 is 0 Å². The molecule has 2 saturated heterocycles. The molecule has 4 amide bonds. The SMILES string of the molecule is C=C1C[C@@H](c2ncc(-c3ccc(-c4ccc5cc(-c6cnc([C@@H]7CCCN7C(=O)[C@@H](NC(=O)OC)C(C)C)[nH]6)ccc5c4)cc3)[nH]2)N(C(=O)[C@H](NC(=O)OC)c2ccccc2)C1. The molecule has 62 heavy (non-hydrogen) atoms. The van der Waals surface area contributed by atoms with Gasteiger partial charge in [0.1, 0.15) is 23.7 Å². The summed E-state index contributed by atoms with van der Waals surface area (Å²) in [5.74, 6) is 0.835. The maximum Gasteiger partial charge on any atom is 0.407 e. The van der Waals surface area contributed by atoms with Crippen molar-refractivity contribution in [2.24, 2.45) is 5.92 Å². The molecule has 0 bridgehead atoms. The predicted molar refractivity (Wildman–Crippen MR) is 235 cm³/mol. The van der Waals surface area contributed by atoms with Gasteiger partial charge in [-0.25, -0.2) is 19.6 Å². The van der Waals surface area contributed by atoms with Crippen LogP contribution in [0, 0.1) is 5.92 Å². The molecule has 2 aliphatic rings. The highest BCUT2D eigenvalue weighted by molar-refractivity contribution is 5.91. The fourth-order valence-corrected chi connectivity index (χ4v) is 8.48. The van der Waals surface area contributed by atoms with E-state index in [0.717, 1.165) is 68.7 Å². The van der Waals surface area contributed by atoms with Crippen molar-refractivity contribution in [2.75, 3.05) is 27.3 Å². The van der Waals surface area contributed by atoms with Crippen LogP contribution in [0.1, 0.15) is 68.4 Å². The van der Waals surface area contributed by atoms with E-state index < -0.39 is 24.3 Å². The molecule has 4 N–H and O–H groups in total. The van der Waals surface area contributed by atoms with Crippen LogP contribution in [0.15, 0.2) is 116 Å². The van der Waals surface area contributed by atoms with Crippen LogP contribution in [0.2, 0.25) is 0 Å². The molecule has 4 atom stereocenters. The summed E-state index contributed by atoms with van der Waals surface area (Å²) < 4.78 is 9.61. The summed E-state index contributed by atoms with van der Waals surface area (Å²) in [6.07, 6.45) is 4.44. The number of benzene rings is 4. The highest BCUT2D eigenvalue weighted by Crippen LogP contribution is 2.37. The molecule has 8 rings (SSSR count). The van der Waals surface area contributed by atoms with E-state index in [1.165, 1.54) is 14.2 Å². The van der Waals surface area contributed by atoms with Gasteiger partial charge in [-0.05, 0) is 70.3 Å². The summed E-state index contributed by atoms with van der Waals surface area (Å²) in [6.45, 7) is 8.92. The van der Waals surface area contributed by atoms with Crippen molar-refractivity contribution in [1.82, 2.24) is 40.4 Å². The van der Waals surface area contributed by atoms with E-state index in [1.54, 1.807) is 23.2 Å². The summed E-state index contributed by atoms with van der Waals surface area (Å²) in [5, 5.41) is 7.57. The molecule has 4 heterocycles. The zero-order valence-corrected chi connectivity index (χ0v) is 35.2. The van der Waals surface area contributed by atoms with Gasteiger partial charge in [0.25, 0.3) is 5.91 Å². The topological polar surface area (TPSA) is 175 Å². The molecule has 0 spiro atoms. The molecule has 0 aliphatic carbocycles. The Hall–Kier alpha value is -7.22. The number of aromatic nitrogens is 4. The Balaban J connectivity index is 0.952. The average Bonchev–Trinajstić information content (AvgIpc) is 4.14. The Morgan fingerprint density at radius 3 is 1.95 bits per heavy atom. The van der Waals surface area contributed by atoms with E-state index in [2.05, 4.69) is 87.8 Å². The second-order valence-corrected chi connectivity index (χ2v) is 16.2. The van der Waals surface area contributed by atoms with Crippen molar-refractivity contribution in [3.63, 3.8) is 0 Å². The van der Waals surface area contributed by atoms with Gasteiger partial charge < -0.3 is 39.9 Å². The number of H-pyrrole nitrogens is 2. The Bertz CT molecular complexity index is 2620. The number of fused-ring (bicyclic) bond motifs is 1. The van der Waals surface area contributed by atoms with Gasteiger partial charge in [-0.1, -0.05) is 105 Å². The molecule has 6 aromatic rings. The van der Waals surface area contributed by atoms with Crippen LogP contribution in [-0.4, -0.2) is 87.1 Å². The lowest BCUT2D eigenvalue weighted by Gasteiger charge is -2.30. The number of hydrogen-bond acceptors (Lipinski definition) is 8. The van der Waals surface area contributed by atoms with Crippen LogP contribution >= 0.6 is 0 Å². The standard InChI is InChI=1S/C48H50N8O6/c1-28(2)41(53-47(59)61-4)45(57)55-21-9-12-39(55)43-49-26-38(52-43)36-20-19-34-23-33(17-18-35(34)24-36)30-13-15-31(16-14-30)37-25-50-44(51-37)40-22-29(3)27-56(40)46(58)42(54-48(60)62-5)32-10-7-6-8-11-32/h6-8,10-11,13-20,23-26,28,39-42H,3,9,12,21-22,27H2,1-2,4-5H3,(H,49,52)(H,50,51)(H,53,59)(H,54,60)/t39-,40-,41-,42+/m0/s1. The predicted octanol–water partition coefficient (Wildman–Crippen LogP) is 8.26. The van der Waals surface area contributed by atoms with Crippen LogP contribution in [0.5, 0.6) is 0 Å². The number of carbonyl (C=O) groups excluding carboxylic acids is 4. The Labute approximate surface area is 359 Å². The fourth-order valence-electron chi connectivity index (χ4n) is 8.48. The smallest absolute Gasteiger partial charge is 0.407 e. The number of nitrogens with one attached hydrogen (secondary N) is 4. The second kappa shape index (κ2) is 17.8. The van der Waals surface area contributed by atoms with Crippen LogP contribution < -0.4 is 10.6 Å². The zero-order chi connectivity index (χ0) is 43.5. The summed E-state index contributed by atoms with van der Waals surface area (Å²) in [6, 6.07) is 27.9. The minimum Gasteiger partial charge on any atom is -0.453 e. The number of aromatic amines is 2. The van der Waals surface area contributed by atoms with Gasteiger partial charge in [-0.3, -0.25) is 9.59 Å². The molecule has 14 nitrogen and oxygen atoms in total. The first-order valence-electron chi connectivity index (χ1n) is 20.8. The van der Waals surface area contributed by atoms with E-state index in [4.69, 9.17) is 19.4 Å². The van der Waals surface area contributed by atoms with Crippen LogP contribution in [0.4, 0.5) is 9.59 Å². The van der Waals surface area contributed by atoms with Crippen molar-refractivity contribution in [3.05, 3.63) is 133 Å². The molecule has 0 unspecified atom stereocenters. The number of ether oxygens (including phenoxy) is 2. The number of methoxy groups -OCH3 is 2. The minimum absolute atomic E-state index is 0.111. The second-order valence-electron chi connectivity index (χ2n) is 16.2. The summed E-state index contributed by atoms with van der Waals surface area (Å²) in [5.41, 5.74) is 7.29.